The fourth-order valence-corrected chi connectivity index (χ4v) is 9.50. The lowest BCUT2D eigenvalue weighted by molar-refractivity contribution is 0.669. The van der Waals surface area contributed by atoms with Crippen LogP contribution in [0.2, 0.25) is 0 Å². The van der Waals surface area contributed by atoms with Crippen LogP contribution in [0.1, 0.15) is 0 Å². The molecule has 264 valence electrons. The Labute approximate surface area is 328 Å². The maximum Gasteiger partial charge on any atom is 0.136 e. The van der Waals surface area contributed by atoms with Gasteiger partial charge in [0.05, 0.1) is 5.52 Å². The molecule has 0 saturated heterocycles. The number of rotatable bonds is 4. The zero-order valence-corrected chi connectivity index (χ0v) is 30.9. The van der Waals surface area contributed by atoms with Crippen molar-refractivity contribution in [2.24, 2.45) is 0 Å². The first-order valence-electron chi connectivity index (χ1n) is 19.5. The van der Waals surface area contributed by atoms with Crippen molar-refractivity contribution in [2.75, 3.05) is 0 Å². The monoisotopic (exact) mass is 723 g/mol. The largest absolute Gasteiger partial charge is 0.456 e. The van der Waals surface area contributed by atoms with Gasteiger partial charge in [0.25, 0.3) is 0 Å². The van der Waals surface area contributed by atoms with Gasteiger partial charge in [-0.05, 0) is 118 Å². The highest BCUT2D eigenvalue weighted by molar-refractivity contribution is 6.27. The van der Waals surface area contributed by atoms with E-state index in [9.17, 15) is 0 Å². The third kappa shape index (κ3) is 4.81. The smallest absolute Gasteiger partial charge is 0.136 e. The Hall–Kier alpha value is -7.55. The van der Waals surface area contributed by atoms with Crippen molar-refractivity contribution in [3.05, 3.63) is 200 Å². The molecule has 0 aliphatic heterocycles. The molecule has 0 aliphatic carbocycles. The summed E-state index contributed by atoms with van der Waals surface area (Å²) in [6.07, 6.45) is 1.87. The van der Waals surface area contributed by atoms with Crippen molar-refractivity contribution in [3.63, 3.8) is 0 Å². The molecule has 0 radical (unpaired) electrons. The maximum absolute atomic E-state index is 6.85. The molecule has 0 fully saturated rings. The Balaban J connectivity index is 1.11. The normalized spacial score (nSPS) is 11.9. The number of hydrogen-bond donors (Lipinski definition) is 0. The summed E-state index contributed by atoms with van der Waals surface area (Å²) in [5, 5.41) is 13.2. The molecule has 12 rings (SSSR count). The van der Waals surface area contributed by atoms with Gasteiger partial charge in [-0.1, -0.05) is 164 Å². The molecule has 2 nitrogen and oxygen atoms in total. The summed E-state index contributed by atoms with van der Waals surface area (Å²) in [4.78, 5) is 4.71. The van der Waals surface area contributed by atoms with Gasteiger partial charge in [-0.15, -0.1) is 0 Å². The number of nitrogens with zero attached hydrogens (tertiary/aromatic N) is 1. The lowest BCUT2D eigenvalue weighted by atomic mass is 9.84. The Kier molecular flexibility index (Phi) is 6.96. The summed E-state index contributed by atoms with van der Waals surface area (Å²) in [5.41, 5.74) is 12.4. The third-order valence-corrected chi connectivity index (χ3v) is 11.9. The summed E-state index contributed by atoms with van der Waals surface area (Å²) >= 11 is 0. The van der Waals surface area contributed by atoms with Gasteiger partial charge >= 0.3 is 0 Å². The van der Waals surface area contributed by atoms with Crippen LogP contribution in [0.5, 0.6) is 0 Å². The molecule has 0 N–H and O–H groups in total. The SMILES string of the molecule is c1ccc(-c2c3ccccc3c(-c3ccc4c(c3)oc3cccc(-c5c6ccccc6c(-c6ccc7cccnc7c6)c6ccccc56)c34)c3ccccc23)cc1. The molecule has 0 bridgehead atoms. The number of benzene rings is 10. The van der Waals surface area contributed by atoms with Gasteiger partial charge in [0.15, 0.2) is 0 Å². The van der Waals surface area contributed by atoms with Gasteiger partial charge < -0.3 is 4.42 Å². The minimum atomic E-state index is 0.879. The van der Waals surface area contributed by atoms with Crippen LogP contribution in [0.4, 0.5) is 0 Å². The van der Waals surface area contributed by atoms with Gasteiger partial charge in [0.2, 0.25) is 0 Å². The van der Waals surface area contributed by atoms with Crippen LogP contribution in [0, 0.1) is 0 Å². The number of pyridine rings is 1. The molecule has 2 heteroatoms. The topological polar surface area (TPSA) is 26.0 Å². The fourth-order valence-electron chi connectivity index (χ4n) is 9.50. The van der Waals surface area contributed by atoms with E-state index in [0.717, 1.165) is 44.0 Å². The van der Waals surface area contributed by atoms with Crippen molar-refractivity contribution in [2.45, 2.75) is 0 Å². The molecule has 0 saturated carbocycles. The molecular weight excluding hydrogens is 691 g/mol. The summed E-state index contributed by atoms with van der Waals surface area (Å²) in [5.74, 6) is 0. The van der Waals surface area contributed by atoms with E-state index in [0.29, 0.717) is 0 Å². The molecule has 10 aromatic carbocycles. The Morgan fingerprint density at radius 1 is 0.316 bits per heavy atom. The van der Waals surface area contributed by atoms with Gasteiger partial charge in [-0.3, -0.25) is 4.98 Å². The van der Waals surface area contributed by atoms with Crippen LogP contribution in [0.15, 0.2) is 205 Å². The van der Waals surface area contributed by atoms with Gasteiger partial charge in [-0.2, -0.15) is 0 Å². The van der Waals surface area contributed by atoms with Gasteiger partial charge in [-0.25, -0.2) is 0 Å². The van der Waals surface area contributed by atoms with E-state index in [-0.39, 0.29) is 0 Å². The minimum absolute atomic E-state index is 0.879. The van der Waals surface area contributed by atoms with Crippen molar-refractivity contribution >= 4 is 75.9 Å². The number of fused-ring (bicyclic) bond motifs is 8. The van der Waals surface area contributed by atoms with Gasteiger partial charge in [0.1, 0.15) is 11.2 Å². The van der Waals surface area contributed by atoms with Crippen LogP contribution in [0.3, 0.4) is 0 Å². The summed E-state index contributed by atoms with van der Waals surface area (Å²) in [6, 6.07) is 70.2. The van der Waals surface area contributed by atoms with E-state index >= 15 is 0 Å². The number of furan rings is 1. The van der Waals surface area contributed by atoms with Crippen molar-refractivity contribution < 1.29 is 4.42 Å². The first-order valence-corrected chi connectivity index (χ1v) is 19.5. The highest BCUT2D eigenvalue weighted by Gasteiger charge is 2.22. The molecule has 0 amide bonds. The van der Waals surface area contributed by atoms with E-state index < -0.39 is 0 Å². The van der Waals surface area contributed by atoms with Crippen LogP contribution in [0.25, 0.3) is 120 Å². The molecule has 0 unspecified atom stereocenters. The quantitative estimate of drug-likeness (QED) is 0.169. The molecule has 57 heavy (non-hydrogen) atoms. The second-order valence-corrected chi connectivity index (χ2v) is 15.0. The van der Waals surface area contributed by atoms with Crippen LogP contribution >= 0.6 is 0 Å². The lowest BCUT2D eigenvalue weighted by Gasteiger charge is -2.18. The predicted octanol–water partition coefficient (Wildman–Crippen LogP) is 15.4. The lowest BCUT2D eigenvalue weighted by Crippen LogP contribution is -1.91. The van der Waals surface area contributed by atoms with Crippen LogP contribution in [-0.2, 0) is 0 Å². The molecule has 0 spiro atoms. The van der Waals surface area contributed by atoms with E-state index in [1.807, 2.05) is 12.3 Å². The van der Waals surface area contributed by atoms with E-state index in [2.05, 4.69) is 188 Å². The Morgan fingerprint density at radius 2 is 0.825 bits per heavy atom. The molecule has 2 aromatic heterocycles. The second-order valence-electron chi connectivity index (χ2n) is 15.0. The fraction of sp³-hybridized carbons (Fsp3) is 0. The summed E-state index contributed by atoms with van der Waals surface area (Å²) in [6.45, 7) is 0. The zero-order chi connectivity index (χ0) is 37.5. The predicted molar refractivity (Wildman–Crippen MR) is 241 cm³/mol. The molecule has 2 heterocycles. The average molecular weight is 724 g/mol. The van der Waals surface area contributed by atoms with Crippen molar-refractivity contribution in [1.82, 2.24) is 4.98 Å². The summed E-state index contributed by atoms with van der Waals surface area (Å²) < 4.78 is 6.85. The number of hydrogen-bond acceptors (Lipinski definition) is 2. The average Bonchev–Trinajstić information content (AvgIpc) is 3.66. The van der Waals surface area contributed by atoms with E-state index in [4.69, 9.17) is 9.40 Å². The van der Waals surface area contributed by atoms with Crippen molar-refractivity contribution in [1.29, 1.82) is 0 Å². The minimum Gasteiger partial charge on any atom is -0.456 e. The third-order valence-electron chi connectivity index (χ3n) is 11.9. The highest BCUT2D eigenvalue weighted by atomic mass is 16.3. The maximum atomic E-state index is 6.85. The van der Waals surface area contributed by atoms with Crippen LogP contribution < -0.4 is 0 Å². The van der Waals surface area contributed by atoms with Gasteiger partial charge in [0, 0.05) is 22.4 Å². The van der Waals surface area contributed by atoms with Crippen molar-refractivity contribution in [3.8, 4) is 44.5 Å². The zero-order valence-electron chi connectivity index (χ0n) is 30.9. The highest BCUT2D eigenvalue weighted by Crippen LogP contribution is 2.49. The molecule has 12 aromatic rings. The molecule has 0 atom stereocenters. The standard InChI is InChI=1S/C55H33NO/c1-2-14-35(15-3-1)51-38-17-4-6-19-40(38)53(41-20-7-5-18-39(41)51)37-29-30-46-50(33-37)57-49-26-12-25-47(55(46)49)54-44-23-10-8-21-42(44)52(43-22-9-11-24-45(43)54)36-28-27-34-16-13-31-56-48(34)32-36/h1-33H. The molecule has 0 aliphatic rings. The second kappa shape index (κ2) is 12.5. The Bertz CT molecular complexity index is 3460. The first-order chi connectivity index (χ1) is 28.3. The summed E-state index contributed by atoms with van der Waals surface area (Å²) in [7, 11) is 0. The molecular formula is C55H33NO. The number of aromatic nitrogens is 1. The van der Waals surface area contributed by atoms with E-state index in [1.54, 1.807) is 0 Å². The first kappa shape index (κ1) is 31.8. The van der Waals surface area contributed by atoms with E-state index in [1.165, 1.54) is 76.5 Å². The Morgan fingerprint density at radius 3 is 1.42 bits per heavy atom. The van der Waals surface area contributed by atoms with Crippen LogP contribution in [-0.4, -0.2) is 4.98 Å².